The fourth-order valence-electron chi connectivity index (χ4n) is 4.23. The molecular weight excluding hydrogens is 392 g/mol. The zero-order valence-electron chi connectivity index (χ0n) is 17.4. The van der Waals surface area contributed by atoms with E-state index in [-0.39, 0.29) is 23.9 Å². The van der Waals surface area contributed by atoms with Crippen molar-refractivity contribution in [3.63, 3.8) is 0 Å². The number of hydrogen-bond acceptors (Lipinski definition) is 4. The summed E-state index contributed by atoms with van der Waals surface area (Å²) in [5.74, 6) is 0. The second kappa shape index (κ2) is 8.00. The van der Waals surface area contributed by atoms with Crippen LogP contribution in [0.15, 0.2) is 70.5 Å². The zero-order chi connectivity index (χ0) is 21.4. The van der Waals surface area contributed by atoms with Gasteiger partial charge in [-0.1, -0.05) is 42.5 Å². The number of rotatable bonds is 5. The van der Waals surface area contributed by atoms with Gasteiger partial charge in [-0.25, -0.2) is 14.3 Å². The SMILES string of the molecule is Cc1ccccc1Cn1cnc2c1c(=O)n(C[C@@H]1CCCO1)c(=O)n2-c1ccccc1. The van der Waals surface area contributed by atoms with Gasteiger partial charge < -0.3 is 9.30 Å². The predicted octanol–water partition coefficient (Wildman–Crippen LogP) is 2.88. The highest BCUT2D eigenvalue weighted by Crippen LogP contribution is 2.17. The Hall–Kier alpha value is -3.45. The molecule has 5 rings (SSSR count). The molecule has 2 aromatic carbocycles. The van der Waals surface area contributed by atoms with Crippen LogP contribution in [0.4, 0.5) is 0 Å². The van der Waals surface area contributed by atoms with Gasteiger partial charge in [0.15, 0.2) is 11.2 Å². The second-order valence-electron chi connectivity index (χ2n) is 7.98. The van der Waals surface area contributed by atoms with Crippen LogP contribution < -0.4 is 11.2 Å². The molecule has 0 saturated carbocycles. The smallest absolute Gasteiger partial charge is 0.337 e. The predicted molar refractivity (Wildman–Crippen MR) is 119 cm³/mol. The molecule has 1 fully saturated rings. The number of aryl methyl sites for hydroxylation is 1. The maximum atomic E-state index is 13.5. The Bertz CT molecular complexity index is 1350. The van der Waals surface area contributed by atoms with Crippen molar-refractivity contribution in [2.75, 3.05) is 6.61 Å². The average molecular weight is 416 g/mol. The number of benzene rings is 2. The van der Waals surface area contributed by atoms with Crippen LogP contribution in [-0.4, -0.2) is 31.4 Å². The van der Waals surface area contributed by atoms with Crippen molar-refractivity contribution in [3.05, 3.63) is 92.9 Å². The molecule has 31 heavy (non-hydrogen) atoms. The monoisotopic (exact) mass is 416 g/mol. The van der Waals surface area contributed by atoms with Gasteiger partial charge in [0.25, 0.3) is 5.56 Å². The minimum atomic E-state index is -0.389. The van der Waals surface area contributed by atoms with Crippen LogP contribution in [0, 0.1) is 6.92 Å². The molecule has 0 bridgehead atoms. The maximum Gasteiger partial charge on any atom is 0.337 e. The summed E-state index contributed by atoms with van der Waals surface area (Å²) < 4.78 is 10.4. The summed E-state index contributed by atoms with van der Waals surface area (Å²) >= 11 is 0. The fourth-order valence-corrected chi connectivity index (χ4v) is 4.23. The lowest BCUT2D eigenvalue weighted by Crippen LogP contribution is -2.42. The molecule has 3 heterocycles. The van der Waals surface area contributed by atoms with Crippen LogP contribution in [0.2, 0.25) is 0 Å². The Kier molecular flexibility index (Phi) is 5.03. The molecule has 0 N–H and O–H groups in total. The Morgan fingerprint density at radius 1 is 1.06 bits per heavy atom. The molecule has 4 aromatic rings. The summed E-state index contributed by atoms with van der Waals surface area (Å²) in [6.07, 6.45) is 3.31. The van der Waals surface area contributed by atoms with Crippen LogP contribution in [0.3, 0.4) is 0 Å². The van der Waals surface area contributed by atoms with Crippen molar-refractivity contribution in [2.24, 2.45) is 0 Å². The number of imidazole rings is 1. The summed E-state index contributed by atoms with van der Waals surface area (Å²) in [4.78, 5) is 31.4. The van der Waals surface area contributed by atoms with Gasteiger partial charge in [0.1, 0.15) is 0 Å². The third kappa shape index (κ3) is 3.51. The molecule has 0 aliphatic carbocycles. The topological polar surface area (TPSA) is 71.1 Å². The van der Waals surface area contributed by atoms with E-state index in [1.54, 1.807) is 6.33 Å². The van der Waals surface area contributed by atoms with Gasteiger partial charge in [0.05, 0.1) is 24.7 Å². The lowest BCUT2D eigenvalue weighted by Gasteiger charge is -2.15. The third-order valence-electron chi connectivity index (χ3n) is 5.93. The average Bonchev–Trinajstić information content (AvgIpc) is 3.44. The molecule has 2 aromatic heterocycles. The molecule has 7 nitrogen and oxygen atoms in total. The molecule has 0 amide bonds. The molecule has 0 spiro atoms. The van der Waals surface area contributed by atoms with Gasteiger partial charge in [-0.05, 0) is 43.0 Å². The number of ether oxygens (including phenoxy) is 1. The number of nitrogens with zero attached hydrogens (tertiary/aromatic N) is 4. The highest BCUT2D eigenvalue weighted by Gasteiger charge is 2.23. The van der Waals surface area contributed by atoms with Crippen molar-refractivity contribution in [2.45, 2.75) is 39.0 Å². The van der Waals surface area contributed by atoms with Gasteiger partial charge in [-0.15, -0.1) is 0 Å². The molecule has 1 atom stereocenters. The van der Waals surface area contributed by atoms with E-state index in [2.05, 4.69) is 4.98 Å². The van der Waals surface area contributed by atoms with E-state index in [1.807, 2.05) is 66.1 Å². The van der Waals surface area contributed by atoms with Crippen LogP contribution in [-0.2, 0) is 17.8 Å². The molecule has 0 radical (unpaired) electrons. The van der Waals surface area contributed by atoms with E-state index in [0.717, 1.165) is 24.0 Å². The van der Waals surface area contributed by atoms with E-state index in [1.165, 1.54) is 9.13 Å². The fraction of sp³-hybridized carbons (Fsp3) is 0.292. The highest BCUT2D eigenvalue weighted by atomic mass is 16.5. The van der Waals surface area contributed by atoms with Crippen molar-refractivity contribution in [1.29, 1.82) is 0 Å². The lowest BCUT2D eigenvalue weighted by molar-refractivity contribution is 0.0950. The summed E-state index contributed by atoms with van der Waals surface area (Å²) in [6, 6.07) is 17.4. The largest absolute Gasteiger partial charge is 0.376 e. The Balaban J connectivity index is 1.73. The van der Waals surface area contributed by atoms with Gasteiger partial charge in [-0.2, -0.15) is 0 Å². The molecule has 1 aliphatic rings. The summed E-state index contributed by atoms with van der Waals surface area (Å²) in [6.45, 7) is 3.46. The van der Waals surface area contributed by atoms with E-state index in [9.17, 15) is 9.59 Å². The standard InChI is InChI=1S/C24H24N4O3/c1-17-8-5-6-9-18(17)14-26-16-25-22-21(26)23(29)27(15-20-12-7-13-31-20)24(30)28(22)19-10-3-2-4-11-19/h2-6,8-11,16,20H,7,12-15H2,1H3/t20-/m0/s1. The first-order valence-electron chi connectivity index (χ1n) is 10.6. The summed E-state index contributed by atoms with van der Waals surface area (Å²) in [5.41, 5.74) is 3.00. The normalized spacial score (nSPS) is 16.2. The number of para-hydroxylation sites is 1. The van der Waals surface area contributed by atoms with Crippen molar-refractivity contribution in [1.82, 2.24) is 18.7 Å². The van der Waals surface area contributed by atoms with Gasteiger partial charge >= 0.3 is 5.69 Å². The van der Waals surface area contributed by atoms with E-state index < -0.39 is 0 Å². The Morgan fingerprint density at radius 3 is 2.58 bits per heavy atom. The van der Waals surface area contributed by atoms with Crippen molar-refractivity contribution < 1.29 is 4.74 Å². The Labute approximate surface area is 179 Å². The minimum Gasteiger partial charge on any atom is -0.376 e. The molecule has 0 unspecified atom stereocenters. The van der Waals surface area contributed by atoms with Crippen molar-refractivity contribution in [3.8, 4) is 5.69 Å². The molecule has 1 aliphatic heterocycles. The van der Waals surface area contributed by atoms with E-state index >= 15 is 0 Å². The first kappa shape index (κ1) is 19.5. The zero-order valence-corrected chi connectivity index (χ0v) is 17.4. The van der Waals surface area contributed by atoms with Gasteiger partial charge in [0, 0.05) is 13.2 Å². The van der Waals surface area contributed by atoms with E-state index in [0.29, 0.717) is 30.0 Å². The number of aromatic nitrogens is 4. The molecule has 7 heteroatoms. The first-order valence-corrected chi connectivity index (χ1v) is 10.6. The quantitative estimate of drug-likeness (QED) is 0.502. The van der Waals surface area contributed by atoms with Crippen LogP contribution in [0.25, 0.3) is 16.9 Å². The highest BCUT2D eigenvalue weighted by molar-refractivity contribution is 5.72. The second-order valence-corrected chi connectivity index (χ2v) is 7.98. The summed E-state index contributed by atoms with van der Waals surface area (Å²) in [7, 11) is 0. The minimum absolute atomic E-state index is 0.125. The van der Waals surface area contributed by atoms with Gasteiger partial charge in [-0.3, -0.25) is 9.36 Å². The first-order chi connectivity index (χ1) is 15.1. The Morgan fingerprint density at radius 2 is 1.84 bits per heavy atom. The number of fused-ring (bicyclic) bond motifs is 1. The molecule has 158 valence electrons. The van der Waals surface area contributed by atoms with Crippen LogP contribution in [0.1, 0.15) is 24.0 Å². The van der Waals surface area contributed by atoms with E-state index in [4.69, 9.17) is 4.74 Å². The van der Waals surface area contributed by atoms with Crippen LogP contribution >= 0.6 is 0 Å². The lowest BCUT2D eigenvalue weighted by atomic mass is 10.1. The van der Waals surface area contributed by atoms with Crippen molar-refractivity contribution >= 4 is 11.2 Å². The van der Waals surface area contributed by atoms with Gasteiger partial charge in [0.2, 0.25) is 0 Å². The molecular formula is C24H24N4O3. The third-order valence-corrected chi connectivity index (χ3v) is 5.93. The maximum absolute atomic E-state index is 13.5. The number of hydrogen-bond donors (Lipinski definition) is 0. The van der Waals surface area contributed by atoms with Crippen LogP contribution in [0.5, 0.6) is 0 Å². The molecule has 1 saturated heterocycles. The summed E-state index contributed by atoms with van der Waals surface area (Å²) in [5, 5.41) is 0.